The quantitative estimate of drug-likeness (QED) is 0.925. The fraction of sp³-hybridized carbons (Fsp3) is 0.500. The molecule has 2 aromatic heterocycles. The van der Waals surface area contributed by atoms with Gasteiger partial charge in [-0.1, -0.05) is 13.8 Å². The van der Waals surface area contributed by atoms with Gasteiger partial charge in [0.1, 0.15) is 4.88 Å². The zero-order chi connectivity index (χ0) is 17.3. The van der Waals surface area contributed by atoms with E-state index in [1.54, 1.807) is 17.3 Å². The van der Waals surface area contributed by atoms with Crippen molar-refractivity contribution in [3.8, 4) is 0 Å². The summed E-state index contributed by atoms with van der Waals surface area (Å²) in [5.74, 6) is 0.376. The van der Waals surface area contributed by atoms with Gasteiger partial charge in [-0.05, 0) is 31.0 Å². The van der Waals surface area contributed by atoms with Crippen LogP contribution < -0.4 is 0 Å². The first-order valence-corrected chi connectivity index (χ1v) is 9.11. The smallest absolute Gasteiger partial charge is 0.265 e. The average molecular weight is 345 g/mol. The lowest BCUT2D eigenvalue weighted by Crippen LogP contribution is -2.29. The number of carbonyl (C=O) groups is 1. The summed E-state index contributed by atoms with van der Waals surface area (Å²) in [6, 6.07) is 3.92. The van der Waals surface area contributed by atoms with E-state index in [1.807, 2.05) is 19.1 Å². The van der Waals surface area contributed by atoms with Crippen LogP contribution in [0.3, 0.4) is 0 Å². The summed E-state index contributed by atoms with van der Waals surface area (Å²) in [6.07, 6.45) is 3.79. The van der Waals surface area contributed by atoms with Gasteiger partial charge in [0.2, 0.25) is 0 Å². The van der Waals surface area contributed by atoms with Crippen molar-refractivity contribution in [2.24, 2.45) is 5.92 Å². The van der Waals surface area contributed by atoms with Crippen molar-refractivity contribution in [2.45, 2.75) is 39.2 Å². The molecule has 2 unspecified atom stereocenters. The van der Waals surface area contributed by atoms with E-state index < -0.39 is 6.10 Å². The van der Waals surface area contributed by atoms with E-state index in [0.717, 1.165) is 22.7 Å². The van der Waals surface area contributed by atoms with E-state index >= 15 is 0 Å². The van der Waals surface area contributed by atoms with Gasteiger partial charge in [0, 0.05) is 37.3 Å². The molecule has 0 saturated carbocycles. The number of β-amino-alcohol motifs (C(OH)–C–C–N with tert-alkyl or cyclic N) is 1. The van der Waals surface area contributed by atoms with Gasteiger partial charge in [0.15, 0.2) is 0 Å². The van der Waals surface area contributed by atoms with Crippen LogP contribution in [0.25, 0.3) is 0 Å². The molecule has 1 amide bonds. The molecule has 1 fully saturated rings. The molecular formula is C18H23N3O2S. The molecule has 24 heavy (non-hydrogen) atoms. The highest BCUT2D eigenvalue weighted by Crippen LogP contribution is 2.28. The number of hydrogen-bond donors (Lipinski definition) is 1. The maximum Gasteiger partial charge on any atom is 0.265 e. The van der Waals surface area contributed by atoms with Gasteiger partial charge in [-0.3, -0.25) is 9.78 Å². The van der Waals surface area contributed by atoms with Crippen LogP contribution in [0.15, 0.2) is 24.5 Å². The second kappa shape index (κ2) is 6.99. The second-order valence-corrected chi connectivity index (χ2v) is 7.75. The van der Waals surface area contributed by atoms with Crippen LogP contribution in [-0.2, 0) is 6.42 Å². The Morgan fingerprint density at radius 1 is 1.38 bits per heavy atom. The molecule has 0 aromatic carbocycles. The van der Waals surface area contributed by atoms with Crippen LogP contribution in [0.4, 0.5) is 0 Å². The van der Waals surface area contributed by atoms with E-state index in [-0.39, 0.29) is 11.8 Å². The van der Waals surface area contributed by atoms with Crippen molar-refractivity contribution in [1.29, 1.82) is 0 Å². The Morgan fingerprint density at radius 2 is 2.08 bits per heavy atom. The topological polar surface area (TPSA) is 66.3 Å². The van der Waals surface area contributed by atoms with Gasteiger partial charge in [0.25, 0.3) is 5.91 Å². The van der Waals surface area contributed by atoms with E-state index in [1.165, 1.54) is 11.3 Å². The van der Waals surface area contributed by atoms with E-state index in [4.69, 9.17) is 0 Å². The molecule has 6 heteroatoms. The van der Waals surface area contributed by atoms with Crippen molar-refractivity contribution in [2.75, 3.05) is 13.1 Å². The normalized spacial score (nSPS) is 20.8. The van der Waals surface area contributed by atoms with Gasteiger partial charge < -0.3 is 10.0 Å². The minimum Gasteiger partial charge on any atom is -0.391 e. The lowest BCUT2D eigenvalue weighted by atomic mass is 9.97. The Morgan fingerprint density at radius 3 is 2.71 bits per heavy atom. The fourth-order valence-electron chi connectivity index (χ4n) is 3.05. The summed E-state index contributed by atoms with van der Waals surface area (Å²) in [7, 11) is 0. The van der Waals surface area contributed by atoms with Crippen LogP contribution in [-0.4, -0.2) is 45.1 Å². The number of rotatable bonds is 4. The highest BCUT2D eigenvalue weighted by atomic mass is 32.1. The summed E-state index contributed by atoms with van der Waals surface area (Å²) >= 11 is 1.48. The van der Waals surface area contributed by atoms with Crippen LogP contribution >= 0.6 is 11.3 Å². The third-order valence-corrected chi connectivity index (χ3v) is 5.89. The van der Waals surface area contributed by atoms with Crippen LogP contribution in [0.1, 0.15) is 45.7 Å². The number of aryl methyl sites for hydroxylation is 1. The number of pyridine rings is 1. The van der Waals surface area contributed by atoms with Crippen molar-refractivity contribution in [1.82, 2.24) is 14.9 Å². The average Bonchev–Trinajstić information content (AvgIpc) is 3.12. The molecule has 2 atom stereocenters. The molecular weight excluding hydrogens is 322 g/mol. The first-order chi connectivity index (χ1) is 11.5. The van der Waals surface area contributed by atoms with Crippen molar-refractivity contribution < 1.29 is 9.90 Å². The number of likely N-dealkylation sites (tertiary alicyclic amines) is 1. The zero-order valence-electron chi connectivity index (χ0n) is 14.3. The lowest BCUT2D eigenvalue weighted by Gasteiger charge is -2.15. The summed E-state index contributed by atoms with van der Waals surface area (Å²) in [4.78, 5) is 23.8. The van der Waals surface area contributed by atoms with Crippen LogP contribution in [0.2, 0.25) is 0 Å². The summed E-state index contributed by atoms with van der Waals surface area (Å²) < 4.78 is 0. The number of thiazole rings is 1. The maximum absolute atomic E-state index is 12.8. The minimum absolute atomic E-state index is 0.00632. The molecule has 0 bridgehead atoms. The Labute approximate surface area is 146 Å². The summed E-state index contributed by atoms with van der Waals surface area (Å²) in [5.41, 5.74) is 1.93. The number of aliphatic hydroxyl groups is 1. The molecule has 128 valence electrons. The first-order valence-electron chi connectivity index (χ1n) is 8.29. The third-order valence-electron chi connectivity index (χ3n) is 4.44. The number of nitrogens with zero attached hydrogens (tertiary/aromatic N) is 3. The molecule has 1 N–H and O–H groups in total. The van der Waals surface area contributed by atoms with Gasteiger partial charge in [-0.2, -0.15) is 0 Å². The maximum atomic E-state index is 12.8. The molecule has 0 radical (unpaired) electrons. The number of aromatic nitrogens is 2. The van der Waals surface area contributed by atoms with Gasteiger partial charge >= 0.3 is 0 Å². The number of carbonyl (C=O) groups excluding carboxylic acids is 1. The lowest BCUT2D eigenvalue weighted by molar-refractivity contribution is 0.0768. The van der Waals surface area contributed by atoms with Gasteiger partial charge in [0.05, 0.1) is 16.8 Å². The Hall–Kier alpha value is -1.79. The molecule has 1 saturated heterocycles. The number of hydrogen-bond acceptors (Lipinski definition) is 5. The van der Waals surface area contributed by atoms with Crippen LogP contribution in [0, 0.1) is 12.8 Å². The number of amides is 1. The SMILES string of the molecule is Cc1nc(C(C)C)sc1C(=O)N1CC(O)C(Cc2ccncc2)C1. The molecule has 3 rings (SSSR count). The predicted octanol–water partition coefficient (Wildman–Crippen LogP) is 2.65. The molecule has 0 aliphatic carbocycles. The second-order valence-electron chi connectivity index (χ2n) is 6.72. The Kier molecular flexibility index (Phi) is 4.96. The predicted molar refractivity (Wildman–Crippen MR) is 94.3 cm³/mol. The Bertz CT molecular complexity index is 714. The molecule has 3 heterocycles. The zero-order valence-corrected chi connectivity index (χ0v) is 15.1. The molecule has 1 aliphatic rings. The van der Waals surface area contributed by atoms with E-state index in [9.17, 15) is 9.90 Å². The largest absolute Gasteiger partial charge is 0.391 e. The Balaban J connectivity index is 1.71. The third kappa shape index (κ3) is 3.49. The van der Waals surface area contributed by atoms with Crippen LogP contribution in [0.5, 0.6) is 0 Å². The van der Waals surface area contributed by atoms with Gasteiger partial charge in [-0.25, -0.2) is 4.98 Å². The first kappa shape index (κ1) is 17.0. The van der Waals surface area contributed by atoms with E-state index in [0.29, 0.717) is 23.9 Å². The minimum atomic E-state index is -0.486. The van der Waals surface area contributed by atoms with Crippen molar-refractivity contribution >= 4 is 17.2 Å². The monoisotopic (exact) mass is 345 g/mol. The summed E-state index contributed by atoms with van der Waals surface area (Å²) in [5, 5.41) is 11.3. The highest BCUT2D eigenvalue weighted by Gasteiger charge is 2.35. The summed E-state index contributed by atoms with van der Waals surface area (Å²) in [6.45, 7) is 7.02. The molecule has 0 spiro atoms. The molecule has 5 nitrogen and oxygen atoms in total. The standard InChI is InChI=1S/C18H23N3O2S/c1-11(2)17-20-12(3)16(24-17)18(23)21-9-14(15(22)10-21)8-13-4-6-19-7-5-13/h4-7,11,14-15,22H,8-10H2,1-3H3. The number of aliphatic hydroxyl groups excluding tert-OH is 1. The molecule has 1 aliphatic heterocycles. The van der Waals surface area contributed by atoms with Crippen molar-refractivity contribution in [3.05, 3.63) is 45.7 Å². The van der Waals surface area contributed by atoms with Gasteiger partial charge in [-0.15, -0.1) is 11.3 Å². The van der Waals surface area contributed by atoms with E-state index in [2.05, 4.69) is 23.8 Å². The fourth-order valence-corrected chi connectivity index (χ4v) is 4.09. The highest BCUT2D eigenvalue weighted by molar-refractivity contribution is 7.13. The van der Waals surface area contributed by atoms with Crippen molar-refractivity contribution in [3.63, 3.8) is 0 Å². The molecule has 2 aromatic rings.